The summed E-state index contributed by atoms with van der Waals surface area (Å²) in [5.41, 5.74) is -0.891. The third-order valence-corrected chi connectivity index (χ3v) is 3.64. The molecule has 1 unspecified atom stereocenters. The number of methoxy groups -OCH3 is 1. The Labute approximate surface area is 123 Å². The zero-order valence-corrected chi connectivity index (χ0v) is 14.0. The maximum atomic E-state index is 11.5. The predicted octanol–water partition coefficient (Wildman–Crippen LogP) is 2.37. The molecule has 0 spiro atoms. The third-order valence-electron chi connectivity index (χ3n) is 2.03. The average Bonchev–Trinajstić information content (AvgIpc) is 2.25. The first-order valence-corrected chi connectivity index (χ1v) is 7.41. The summed E-state index contributed by atoms with van der Waals surface area (Å²) < 4.78 is 16.6. The van der Waals surface area contributed by atoms with Crippen LogP contribution in [0, 0.1) is 0 Å². The molecule has 0 radical (unpaired) electrons. The van der Waals surface area contributed by atoms with Crippen molar-refractivity contribution in [2.45, 2.75) is 38.9 Å². The molecule has 6 heteroatoms. The number of carbonyl (C=O) groups is 1. The van der Waals surface area contributed by atoms with Gasteiger partial charge in [0.15, 0.2) is 0 Å². The van der Waals surface area contributed by atoms with Crippen molar-refractivity contribution in [1.29, 1.82) is 0 Å². The summed E-state index contributed by atoms with van der Waals surface area (Å²) in [6, 6.07) is 0. The fourth-order valence-corrected chi connectivity index (χ4v) is 1.57. The molecule has 0 rings (SSSR count). The molecule has 1 amide bonds. The fraction of sp³-hybridized carbons (Fsp3) is 0.917. The molecule has 0 fully saturated rings. The van der Waals surface area contributed by atoms with Crippen LogP contribution >= 0.6 is 22.6 Å². The monoisotopic (exact) mass is 373 g/mol. The van der Waals surface area contributed by atoms with Gasteiger partial charge >= 0.3 is 6.09 Å². The van der Waals surface area contributed by atoms with Crippen LogP contribution in [0.5, 0.6) is 0 Å². The number of alkyl halides is 1. The van der Waals surface area contributed by atoms with Gasteiger partial charge in [0.1, 0.15) is 5.60 Å². The second-order valence-corrected chi connectivity index (χ2v) is 6.04. The Balaban J connectivity index is 4.08. The molecule has 0 aliphatic carbocycles. The summed E-state index contributed by atoms with van der Waals surface area (Å²) in [6.07, 6.45) is -0.422. The number of ether oxygens (including phenoxy) is 3. The van der Waals surface area contributed by atoms with E-state index in [0.717, 1.165) is 4.43 Å². The second kappa shape index (κ2) is 8.16. The zero-order valence-electron chi connectivity index (χ0n) is 11.8. The normalized spacial score (nSPS) is 15.0. The molecule has 5 nitrogen and oxygen atoms in total. The van der Waals surface area contributed by atoms with Gasteiger partial charge in [-0.1, -0.05) is 22.6 Å². The summed E-state index contributed by atoms with van der Waals surface area (Å²) >= 11 is 2.24. The molecule has 0 aromatic carbocycles. The van der Waals surface area contributed by atoms with E-state index in [9.17, 15) is 4.79 Å². The average molecular weight is 373 g/mol. The first-order valence-electron chi connectivity index (χ1n) is 5.88. The van der Waals surface area contributed by atoms with Crippen molar-refractivity contribution in [2.24, 2.45) is 0 Å². The molecule has 0 aliphatic rings. The van der Waals surface area contributed by atoms with Gasteiger partial charge in [0.2, 0.25) is 0 Å². The number of rotatable bonds is 7. The molecule has 0 bridgehead atoms. The largest absolute Gasteiger partial charge is 0.444 e. The lowest BCUT2D eigenvalue weighted by Crippen LogP contribution is -2.46. The first kappa shape index (κ1) is 17.9. The fourth-order valence-electron chi connectivity index (χ4n) is 1.08. The first-order chi connectivity index (χ1) is 8.22. The standard InChI is InChI=1S/C12H24INO4/c1-11(2,3)18-10(15)14-9-12(4,8-13)17-7-6-16-5/h6-9H2,1-5H3,(H,14,15). The second-order valence-electron chi connectivity index (χ2n) is 5.28. The van der Waals surface area contributed by atoms with Gasteiger partial charge in [-0.05, 0) is 27.7 Å². The van der Waals surface area contributed by atoms with E-state index >= 15 is 0 Å². The third kappa shape index (κ3) is 8.93. The van der Waals surface area contributed by atoms with Gasteiger partial charge < -0.3 is 19.5 Å². The van der Waals surface area contributed by atoms with Crippen LogP contribution in [0.3, 0.4) is 0 Å². The van der Waals surface area contributed by atoms with Crippen molar-refractivity contribution in [1.82, 2.24) is 5.32 Å². The van der Waals surface area contributed by atoms with E-state index in [2.05, 4.69) is 27.9 Å². The Bertz CT molecular complexity index is 255. The van der Waals surface area contributed by atoms with Crippen LogP contribution in [0.1, 0.15) is 27.7 Å². The van der Waals surface area contributed by atoms with Crippen LogP contribution in [0.2, 0.25) is 0 Å². The van der Waals surface area contributed by atoms with Gasteiger partial charge in [0.25, 0.3) is 0 Å². The Hall–Kier alpha value is -0.0800. The van der Waals surface area contributed by atoms with E-state index in [-0.39, 0.29) is 0 Å². The zero-order chi connectivity index (χ0) is 14.2. The van der Waals surface area contributed by atoms with E-state index < -0.39 is 17.3 Å². The van der Waals surface area contributed by atoms with Crippen LogP contribution in [-0.2, 0) is 14.2 Å². The smallest absolute Gasteiger partial charge is 0.407 e. The summed E-state index contributed by atoms with van der Waals surface area (Å²) in [5.74, 6) is 0. The van der Waals surface area contributed by atoms with Gasteiger partial charge in [-0.25, -0.2) is 4.79 Å². The van der Waals surface area contributed by atoms with Crippen molar-refractivity contribution < 1.29 is 19.0 Å². The minimum absolute atomic E-state index is 0.407. The lowest BCUT2D eigenvalue weighted by atomic mass is 10.1. The number of amides is 1. The molecule has 18 heavy (non-hydrogen) atoms. The highest BCUT2D eigenvalue weighted by atomic mass is 127. The maximum absolute atomic E-state index is 11.5. The number of halogens is 1. The summed E-state index contributed by atoms with van der Waals surface area (Å²) in [4.78, 5) is 11.5. The number of nitrogens with one attached hydrogen (secondary N) is 1. The van der Waals surface area contributed by atoms with Gasteiger partial charge in [0, 0.05) is 11.5 Å². The summed E-state index contributed by atoms with van der Waals surface area (Å²) in [6.45, 7) is 8.91. The molecular weight excluding hydrogens is 349 g/mol. The van der Waals surface area contributed by atoms with Gasteiger partial charge in [0.05, 0.1) is 25.4 Å². The quantitative estimate of drug-likeness (QED) is 0.423. The molecule has 0 saturated heterocycles. The highest BCUT2D eigenvalue weighted by Gasteiger charge is 2.25. The number of hydrogen-bond acceptors (Lipinski definition) is 4. The topological polar surface area (TPSA) is 56.8 Å². The van der Waals surface area contributed by atoms with E-state index in [1.807, 2.05) is 27.7 Å². The summed E-state index contributed by atoms with van der Waals surface area (Å²) in [5, 5.41) is 2.73. The summed E-state index contributed by atoms with van der Waals surface area (Å²) in [7, 11) is 1.63. The van der Waals surface area contributed by atoms with Crippen LogP contribution in [0.4, 0.5) is 4.79 Å². The Morgan fingerprint density at radius 1 is 1.22 bits per heavy atom. The predicted molar refractivity (Wildman–Crippen MR) is 79.4 cm³/mol. The molecule has 1 atom stereocenters. The minimum atomic E-state index is -0.484. The highest BCUT2D eigenvalue weighted by Crippen LogP contribution is 2.14. The number of carbonyl (C=O) groups excluding carboxylic acids is 1. The Morgan fingerprint density at radius 2 is 1.83 bits per heavy atom. The number of hydrogen-bond donors (Lipinski definition) is 1. The van der Waals surface area contributed by atoms with Crippen LogP contribution in [0.15, 0.2) is 0 Å². The van der Waals surface area contributed by atoms with E-state index in [1.165, 1.54) is 0 Å². The molecule has 0 aromatic heterocycles. The van der Waals surface area contributed by atoms with Crippen molar-refractivity contribution in [3.8, 4) is 0 Å². The maximum Gasteiger partial charge on any atom is 0.407 e. The van der Waals surface area contributed by atoms with Crippen LogP contribution < -0.4 is 5.32 Å². The lowest BCUT2D eigenvalue weighted by molar-refractivity contribution is -0.0344. The van der Waals surface area contributed by atoms with Crippen molar-refractivity contribution in [3.05, 3.63) is 0 Å². The minimum Gasteiger partial charge on any atom is -0.444 e. The van der Waals surface area contributed by atoms with Crippen molar-refractivity contribution in [3.63, 3.8) is 0 Å². The molecule has 0 aromatic rings. The van der Waals surface area contributed by atoms with Crippen LogP contribution in [-0.4, -0.2) is 48.6 Å². The number of alkyl carbamates (subject to hydrolysis) is 1. The van der Waals surface area contributed by atoms with Gasteiger partial charge in [-0.3, -0.25) is 0 Å². The lowest BCUT2D eigenvalue weighted by Gasteiger charge is -2.29. The highest BCUT2D eigenvalue weighted by molar-refractivity contribution is 14.1. The molecule has 0 heterocycles. The van der Waals surface area contributed by atoms with E-state index in [1.54, 1.807) is 7.11 Å². The SMILES string of the molecule is COCCOC(C)(CI)CNC(=O)OC(C)(C)C. The van der Waals surface area contributed by atoms with Crippen LogP contribution in [0.25, 0.3) is 0 Å². The van der Waals surface area contributed by atoms with Gasteiger partial charge in [-0.15, -0.1) is 0 Å². The van der Waals surface area contributed by atoms with E-state index in [0.29, 0.717) is 19.8 Å². The molecular formula is C12H24INO4. The molecule has 0 aliphatic heterocycles. The molecule has 0 saturated carbocycles. The van der Waals surface area contributed by atoms with E-state index in [4.69, 9.17) is 14.2 Å². The van der Waals surface area contributed by atoms with Gasteiger partial charge in [-0.2, -0.15) is 0 Å². The van der Waals surface area contributed by atoms with Crippen molar-refractivity contribution in [2.75, 3.05) is 31.3 Å². The Kier molecular flexibility index (Phi) is 8.13. The molecule has 108 valence electrons. The Morgan fingerprint density at radius 3 is 2.28 bits per heavy atom. The van der Waals surface area contributed by atoms with Crippen molar-refractivity contribution >= 4 is 28.7 Å². The molecule has 1 N–H and O–H groups in total.